The number of carbonyl (C=O) groups excluding carboxylic acids is 1. The minimum absolute atomic E-state index is 0.00189. The molecule has 0 aliphatic heterocycles. The van der Waals surface area contributed by atoms with Gasteiger partial charge in [0.25, 0.3) is 0 Å². The van der Waals surface area contributed by atoms with Crippen LogP contribution in [0.1, 0.15) is 24.8 Å². The Labute approximate surface area is 106 Å². The average Bonchev–Trinajstić information content (AvgIpc) is 2.79. The van der Waals surface area contributed by atoms with Gasteiger partial charge in [0.15, 0.2) is 0 Å². The van der Waals surface area contributed by atoms with Gasteiger partial charge in [0, 0.05) is 24.1 Å². The van der Waals surface area contributed by atoms with Crippen molar-refractivity contribution >= 4 is 17.2 Å². The second-order valence-electron chi connectivity index (χ2n) is 4.04. The van der Waals surface area contributed by atoms with Crippen LogP contribution in [0, 0.1) is 0 Å². The third kappa shape index (κ3) is 5.30. The molecule has 96 valence electrons. The predicted molar refractivity (Wildman–Crippen MR) is 70.2 cm³/mol. The molecule has 17 heavy (non-hydrogen) atoms. The molecule has 0 saturated carbocycles. The normalized spacial score (nSPS) is 14.3. The number of ether oxygens (including phenoxy) is 1. The predicted octanol–water partition coefficient (Wildman–Crippen LogP) is 1.55. The fourth-order valence-corrected chi connectivity index (χ4v) is 2.26. The van der Waals surface area contributed by atoms with Crippen LogP contribution >= 0.6 is 11.3 Å². The number of rotatable bonds is 7. The summed E-state index contributed by atoms with van der Waals surface area (Å²) in [4.78, 5) is 12.8. The maximum absolute atomic E-state index is 11.6. The van der Waals surface area contributed by atoms with Gasteiger partial charge in [0.05, 0.1) is 13.2 Å². The molecule has 0 aliphatic rings. The van der Waals surface area contributed by atoms with Crippen LogP contribution in [0.25, 0.3) is 0 Å². The monoisotopic (exact) mass is 256 g/mol. The van der Waals surface area contributed by atoms with E-state index in [4.69, 9.17) is 4.74 Å². The van der Waals surface area contributed by atoms with Gasteiger partial charge >= 0.3 is 0 Å². The van der Waals surface area contributed by atoms with Gasteiger partial charge in [-0.25, -0.2) is 0 Å². The van der Waals surface area contributed by atoms with Crippen molar-refractivity contribution in [2.75, 3.05) is 20.3 Å². The van der Waals surface area contributed by atoms with Crippen molar-refractivity contribution in [2.24, 2.45) is 0 Å². The van der Waals surface area contributed by atoms with Crippen molar-refractivity contribution in [3.8, 4) is 0 Å². The Kier molecular flexibility index (Phi) is 6.18. The molecule has 0 fully saturated rings. The molecule has 2 N–H and O–H groups in total. The number of nitrogens with one attached hydrogen (secondary N) is 2. The lowest BCUT2D eigenvalue weighted by molar-refractivity contribution is -0.121. The molecule has 1 aromatic rings. The minimum Gasteiger partial charge on any atom is -0.383 e. The molecule has 2 atom stereocenters. The van der Waals surface area contributed by atoms with Crippen molar-refractivity contribution in [2.45, 2.75) is 25.9 Å². The highest BCUT2D eigenvalue weighted by molar-refractivity contribution is 7.10. The molecule has 0 aliphatic carbocycles. The van der Waals surface area contributed by atoms with Crippen molar-refractivity contribution in [3.05, 3.63) is 22.4 Å². The van der Waals surface area contributed by atoms with Crippen LogP contribution in [-0.2, 0) is 9.53 Å². The first-order chi connectivity index (χ1) is 8.13. The highest BCUT2D eigenvalue weighted by atomic mass is 32.1. The quantitative estimate of drug-likeness (QED) is 0.778. The third-order valence-corrected chi connectivity index (χ3v) is 3.42. The fourth-order valence-electron chi connectivity index (χ4n) is 1.50. The number of thiophene rings is 1. The third-order valence-electron chi connectivity index (χ3n) is 2.36. The summed E-state index contributed by atoms with van der Waals surface area (Å²) >= 11 is 1.69. The van der Waals surface area contributed by atoms with Crippen molar-refractivity contribution in [1.82, 2.24) is 10.6 Å². The smallest absolute Gasteiger partial charge is 0.234 e. The van der Waals surface area contributed by atoms with E-state index < -0.39 is 0 Å². The molecule has 1 heterocycles. The van der Waals surface area contributed by atoms with Gasteiger partial charge < -0.3 is 15.4 Å². The second kappa shape index (κ2) is 7.42. The van der Waals surface area contributed by atoms with E-state index in [9.17, 15) is 4.79 Å². The van der Waals surface area contributed by atoms with Crippen molar-refractivity contribution < 1.29 is 9.53 Å². The van der Waals surface area contributed by atoms with E-state index in [-0.39, 0.29) is 18.0 Å². The zero-order chi connectivity index (χ0) is 12.7. The summed E-state index contributed by atoms with van der Waals surface area (Å²) in [5.41, 5.74) is 0. The van der Waals surface area contributed by atoms with Gasteiger partial charge in [-0.3, -0.25) is 4.79 Å². The highest BCUT2D eigenvalue weighted by Gasteiger charge is 2.10. The van der Waals surface area contributed by atoms with Crippen LogP contribution in [0.5, 0.6) is 0 Å². The summed E-state index contributed by atoms with van der Waals surface area (Å²) in [6.07, 6.45) is 0. The van der Waals surface area contributed by atoms with Crippen LogP contribution in [-0.4, -0.2) is 32.2 Å². The Morgan fingerprint density at radius 3 is 2.88 bits per heavy atom. The molecule has 1 aromatic heterocycles. The molecule has 0 bridgehead atoms. The maximum atomic E-state index is 11.6. The molecule has 4 nitrogen and oxygen atoms in total. The fraction of sp³-hybridized carbons (Fsp3) is 0.583. The number of amides is 1. The van der Waals surface area contributed by atoms with E-state index in [1.54, 1.807) is 18.4 Å². The topological polar surface area (TPSA) is 50.4 Å². The van der Waals surface area contributed by atoms with E-state index in [0.717, 1.165) is 0 Å². The first-order valence-electron chi connectivity index (χ1n) is 5.68. The van der Waals surface area contributed by atoms with Gasteiger partial charge in [-0.15, -0.1) is 11.3 Å². The lowest BCUT2D eigenvalue weighted by Gasteiger charge is -2.15. The van der Waals surface area contributed by atoms with Crippen LogP contribution in [0.3, 0.4) is 0 Å². The molecule has 1 rings (SSSR count). The van der Waals surface area contributed by atoms with Crippen molar-refractivity contribution in [1.29, 1.82) is 0 Å². The Morgan fingerprint density at radius 2 is 2.29 bits per heavy atom. The Hall–Kier alpha value is -0.910. The number of hydrogen-bond acceptors (Lipinski definition) is 4. The Morgan fingerprint density at radius 1 is 1.53 bits per heavy atom. The van der Waals surface area contributed by atoms with E-state index in [0.29, 0.717) is 13.2 Å². The first-order valence-corrected chi connectivity index (χ1v) is 6.56. The molecule has 0 saturated heterocycles. The molecule has 2 unspecified atom stereocenters. The summed E-state index contributed by atoms with van der Waals surface area (Å²) < 4.78 is 4.96. The van der Waals surface area contributed by atoms with Crippen LogP contribution in [0.2, 0.25) is 0 Å². The Balaban J connectivity index is 2.24. The van der Waals surface area contributed by atoms with Gasteiger partial charge in [0.2, 0.25) is 5.91 Å². The van der Waals surface area contributed by atoms with Gasteiger partial charge in [0.1, 0.15) is 0 Å². The average molecular weight is 256 g/mol. The van der Waals surface area contributed by atoms with Crippen LogP contribution in [0.4, 0.5) is 0 Å². The lowest BCUT2D eigenvalue weighted by atomic mass is 10.2. The standard InChI is InChI=1S/C12H20N2O2S/c1-9(8-16-3)14-12(15)7-13-10(2)11-5-4-6-17-11/h4-6,9-10,13H,7-8H2,1-3H3,(H,14,15). The molecule has 0 aromatic carbocycles. The zero-order valence-corrected chi connectivity index (χ0v) is 11.3. The molecule has 5 heteroatoms. The van der Waals surface area contributed by atoms with Crippen molar-refractivity contribution in [3.63, 3.8) is 0 Å². The summed E-state index contributed by atoms with van der Waals surface area (Å²) in [7, 11) is 1.62. The summed E-state index contributed by atoms with van der Waals surface area (Å²) in [6.45, 7) is 4.83. The van der Waals surface area contributed by atoms with Gasteiger partial charge in [-0.1, -0.05) is 6.07 Å². The Bertz CT molecular complexity index is 327. The summed E-state index contributed by atoms with van der Waals surface area (Å²) in [5, 5.41) is 8.08. The molecular formula is C12H20N2O2S. The van der Waals surface area contributed by atoms with E-state index >= 15 is 0 Å². The van der Waals surface area contributed by atoms with Gasteiger partial charge in [-0.2, -0.15) is 0 Å². The maximum Gasteiger partial charge on any atom is 0.234 e. The number of carbonyl (C=O) groups is 1. The largest absolute Gasteiger partial charge is 0.383 e. The van der Waals surface area contributed by atoms with E-state index in [1.807, 2.05) is 18.4 Å². The van der Waals surface area contributed by atoms with Gasteiger partial charge in [-0.05, 0) is 25.3 Å². The minimum atomic E-state index is -0.00189. The zero-order valence-electron chi connectivity index (χ0n) is 10.5. The summed E-state index contributed by atoms with van der Waals surface area (Å²) in [5.74, 6) is -0.00189. The molecule has 0 radical (unpaired) electrons. The highest BCUT2D eigenvalue weighted by Crippen LogP contribution is 2.17. The molecular weight excluding hydrogens is 236 g/mol. The van der Waals surface area contributed by atoms with E-state index in [1.165, 1.54) is 4.88 Å². The molecule has 1 amide bonds. The number of hydrogen-bond donors (Lipinski definition) is 2. The molecule has 0 spiro atoms. The van der Waals surface area contributed by atoms with Crippen LogP contribution in [0.15, 0.2) is 17.5 Å². The SMILES string of the molecule is COCC(C)NC(=O)CNC(C)c1cccs1. The second-order valence-corrected chi connectivity index (χ2v) is 5.02. The summed E-state index contributed by atoms with van der Waals surface area (Å²) in [6, 6.07) is 4.33. The first kappa shape index (κ1) is 14.2. The lowest BCUT2D eigenvalue weighted by Crippen LogP contribution is -2.41. The van der Waals surface area contributed by atoms with E-state index in [2.05, 4.69) is 23.6 Å². The van der Waals surface area contributed by atoms with Crippen LogP contribution < -0.4 is 10.6 Å². The number of methoxy groups -OCH3 is 1.